The van der Waals surface area contributed by atoms with E-state index in [4.69, 9.17) is 9.47 Å². The molecule has 2 heterocycles. The first-order valence-corrected chi connectivity index (χ1v) is 9.38. The second-order valence-electron chi connectivity index (χ2n) is 7.64. The minimum Gasteiger partial charge on any atom is -0.381 e. The molecule has 2 aliphatic heterocycles. The fraction of sp³-hybridized carbons (Fsp3) is 1.00. The summed E-state index contributed by atoms with van der Waals surface area (Å²) >= 11 is 0. The standard InChI is InChI=1S/C18H34N2O2/c1-19(9-5-17-6-12-22-15-17)16-18(7-3-2-4-8-18)20-10-13-21-14-11-20/h17H,2-16H2,1H3. The molecule has 0 N–H and O–H groups in total. The summed E-state index contributed by atoms with van der Waals surface area (Å²) in [6.07, 6.45) is 9.56. The van der Waals surface area contributed by atoms with Crippen LogP contribution in [0, 0.1) is 5.92 Å². The number of hydrogen-bond donors (Lipinski definition) is 0. The van der Waals surface area contributed by atoms with E-state index in [0.717, 1.165) is 45.4 Å². The first kappa shape index (κ1) is 16.7. The van der Waals surface area contributed by atoms with Crippen LogP contribution in [0.25, 0.3) is 0 Å². The lowest BCUT2D eigenvalue weighted by molar-refractivity contribution is -0.0487. The van der Waals surface area contributed by atoms with E-state index in [1.54, 1.807) is 0 Å². The van der Waals surface area contributed by atoms with Gasteiger partial charge in [0.25, 0.3) is 0 Å². The van der Waals surface area contributed by atoms with Gasteiger partial charge in [-0.3, -0.25) is 4.90 Å². The van der Waals surface area contributed by atoms with E-state index < -0.39 is 0 Å². The first-order valence-electron chi connectivity index (χ1n) is 9.38. The summed E-state index contributed by atoms with van der Waals surface area (Å²) < 4.78 is 11.1. The van der Waals surface area contributed by atoms with Crippen molar-refractivity contribution in [3.8, 4) is 0 Å². The zero-order valence-electron chi connectivity index (χ0n) is 14.4. The van der Waals surface area contributed by atoms with Crippen molar-refractivity contribution < 1.29 is 9.47 Å². The SMILES string of the molecule is CN(CCC1CCOC1)CC1(N2CCOCC2)CCCCC1. The molecule has 1 unspecified atom stereocenters. The van der Waals surface area contributed by atoms with Gasteiger partial charge in [-0.1, -0.05) is 19.3 Å². The van der Waals surface area contributed by atoms with Crippen molar-refractivity contribution in [1.29, 1.82) is 0 Å². The van der Waals surface area contributed by atoms with Crippen LogP contribution in [-0.2, 0) is 9.47 Å². The molecule has 0 bridgehead atoms. The minimum absolute atomic E-state index is 0.420. The Kier molecular flexibility index (Phi) is 6.14. The highest BCUT2D eigenvalue weighted by Crippen LogP contribution is 2.35. The highest BCUT2D eigenvalue weighted by atomic mass is 16.5. The fourth-order valence-corrected chi connectivity index (χ4v) is 4.62. The van der Waals surface area contributed by atoms with Crippen LogP contribution in [-0.4, -0.2) is 75.0 Å². The summed E-state index contributed by atoms with van der Waals surface area (Å²) in [5.41, 5.74) is 0.420. The summed E-state index contributed by atoms with van der Waals surface area (Å²) in [5.74, 6) is 0.799. The van der Waals surface area contributed by atoms with Crippen LogP contribution in [0.5, 0.6) is 0 Å². The topological polar surface area (TPSA) is 24.9 Å². The van der Waals surface area contributed by atoms with Gasteiger partial charge in [-0.2, -0.15) is 0 Å². The number of morpholine rings is 1. The molecule has 0 aromatic carbocycles. The molecule has 1 atom stereocenters. The summed E-state index contributed by atoms with van der Waals surface area (Å²) in [6.45, 7) is 8.53. The van der Waals surface area contributed by atoms with Gasteiger partial charge in [-0.15, -0.1) is 0 Å². The minimum atomic E-state index is 0.420. The van der Waals surface area contributed by atoms with E-state index in [2.05, 4.69) is 16.8 Å². The normalized spacial score (nSPS) is 30.0. The van der Waals surface area contributed by atoms with Gasteiger partial charge in [0.15, 0.2) is 0 Å². The monoisotopic (exact) mass is 310 g/mol. The predicted octanol–water partition coefficient (Wildman–Crippen LogP) is 2.38. The molecule has 22 heavy (non-hydrogen) atoms. The zero-order chi connectivity index (χ0) is 15.3. The summed E-state index contributed by atoms with van der Waals surface area (Å²) in [4.78, 5) is 5.35. The summed E-state index contributed by atoms with van der Waals surface area (Å²) in [6, 6.07) is 0. The van der Waals surface area contributed by atoms with E-state index in [-0.39, 0.29) is 0 Å². The summed E-state index contributed by atoms with van der Waals surface area (Å²) in [5, 5.41) is 0. The molecule has 1 aliphatic carbocycles. The van der Waals surface area contributed by atoms with Gasteiger partial charge in [0, 0.05) is 38.4 Å². The molecule has 3 fully saturated rings. The quantitative estimate of drug-likeness (QED) is 0.752. The molecule has 2 saturated heterocycles. The second kappa shape index (κ2) is 8.09. The van der Waals surface area contributed by atoms with Crippen molar-refractivity contribution >= 4 is 0 Å². The molecule has 0 aromatic heterocycles. The number of hydrogen-bond acceptors (Lipinski definition) is 4. The maximum absolute atomic E-state index is 5.59. The Morgan fingerprint density at radius 2 is 1.82 bits per heavy atom. The van der Waals surface area contributed by atoms with Crippen molar-refractivity contribution in [3.63, 3.8) is 0 Å². The van der Waals surface area contributed by atoms with Crippen LogP contribution in [0.2, 0.25) is 0 Å². The average Bonchev–Trinajstić information content (AvgIpc) is 3.08. The Morgan fingerprint density at radius 1 is 1.05 bits per heavy atom. The van der Waals surface area contributed by atoms with Gasteiger partial charge in [0.05, 0.1) is 13.2 Å². The third kappa shape index (κ3) is 4.22. The third-order valence-corrected chi connectivity index (χ3v) is 5.97. The van der Waals surface area contributed by atoms with Crippen LogP contribution in [0.1, 0.15) is 44.9 Å². The van der Waals surface area contributed by atoms with Crippen LogP contribution >= 0.6 is 0 Å². The van der Waals surface area contributed by atoms with E-state index in [9.17, 15) is 0 Å². The Balaban J connectivity index is 1.54. The van der Waals surface area contributed by atoms with Crippen molar-refractivity contribution in [1.82, 2.24) is 9.80 Å². The fourth-order valence-electron chi connectivity index (χ4n) is 4.62. The van der Waals surface area contributed by atoms with Crippen LogP contribution in [0.3, 0.4) is 0 Å². The smallest absolute Gasteiger partial charge is 0.0594 e. The maximum atomic E-state index is 5.59. The van der Waals surface area contributed by atoms with Crippen LogP contribution in [0.4, 0.5) is 0 Å². The molecule has 128 valence electrons. The average molecular weight is 310 g/mol. The predicted molar refractivity (Wildman–Crippen MR) is 89.2 cm³/mol. The Bertz CT molecular complexity index is 319. The molecule has 1 saturated carbocycles. The molecule has 0 radical (unpaired) electrons. The van der Waals surface area contributed by atoms with Crippen molar-refractivity contribution in [2.24, 2.45) is 5.92 Å². The van der Waals surface area contributed by atoms with Gasteiger partial charge in [-0.25, -0.2) is 0 Å². The van der Waals surface area contributed by atoms with E-state index in [1.807, 2.05) is 0 Å². The first-order chi connectivity index (χ1) is 10.8. The van der Waals surface area contributed by atoms with Gasteiger partial charge < -0.3 is 14.4 Å². The van der Waals surface area contributed by atoms with Gasteiger partial charge in [-0.05, 0) is 45.2 Å². The Hall–Kier alpha value is -0.160. The highest BCUT2D eigenvalue weighted by Gasteiger charge is 2.39. The molecule has 0 spiro atoms. The molecular weight excluding hydrogens is 276 g/mol. The Labute approximate surface area is 136 Å². The lowest BCUT2D eigenvalue weighted by Gasteiger charge is -2.49. The largest absolute Gasteiger partial charge is 0.381 e. The molecule has 3 rings (SSSR count). The highest BCUT2D eigenvalue weighted by molar-refractivity contribution is 4.96. The van der Waals surface area contributed by atoms with E-state index >= 15 is 0 Å². The van der Waals surface area contributed by atoms with E-state index in [1.165, 1.54) is 58.0 Å². The number of rotatable bonds is 6. The van der Waals surface area contributed by atoms with Crippen molar-refractivity contribution in [2.75, 3.05) is 59.7 Å². The lowest BCUT2D eigenvalue weighted by atomic mass is 9.79. The van der Waals surface area contributed by atoms with E-state index in [0.29, 0.717) is 5.54 Å². The van der Waals surface area contributed by atoms with Crippen molar-refractivity contribution in [2.45, 2.75) is 50.5 Å². The van der Waals surface area contributed by atoms with Crippen molar-refractivity contribution in [3.05, 3.63) is 0 Å². The van der Waals surface area contributed by atoms with Crippen LogP contribution < -0.4 is 0 Å². The van der Waals surface area contributed by atoms with Gasteiger partial charge in [0.2, 0.25) is 0 Å². The molecule has 4 nitrogen and oxygen atoms in total. The second-order valence-corrected chi connectivity index (χ2v) is 7.64. The number of nitrogens with zero attached hydrogens (tertiary/aromatic N) is 2. The zero-order valence-corrected chi connectivity index (χ0v) is 14.4. The molecule has 0 aromatic rings. The molecule has 4 heteroatoms. The summed E-state index contributed by atoms with van der Waals surface area (Å²) in [7, 11) is 2.33. The maximum Gasteiger partial charge on any atom is 0.0594 e. The molecule has 3 aliphatic rings. The van der Waals surface area contributed by atoms with Crippen LogP contribution in [0.15, 0.2) is 0 Å². The number of ether oxygens (including phenoxy) is 2. The molecule has 0 amide bonds. The van der Waals surface area contributed by atoms with Gasteiger partial charge in [0.1, 0.15) is 0 Å². The molecular formula is C18H34N2O2. The Morgan fingerprint density at radius 3 is 2.50 bits per heavy atom. The number of likely N-dealkylation sites (N-methyl/N-ethyl adjacent to an activating group) is 1. The van der Waals surface area contributed by atoms with Gasteiger partial charge >= 0.3 is 0 Å². The lowest BCUT2D eigenvalue weighted by Crippen LogP contribution is -2.59. The third-order valence-electron chi connectivity index (χ3n) is 5.97.